The highest BCUT2D eigenvalue weighted by Gasteiger charge is 2.36. The summed E-state index contributed by atoms with van der Waals surface area (Å²) in [4.78, 5) is 0. The van der Waals surface area contributed by atoms with Crippen molar-refractivity contribution in [3.63, 3.8) is 0 Å². The van der Waals surface area contributed by atoms with Crippen LogP contribution >= 0.6 is 0 Å². The first-order valence-corrected chi connectivity index (χ1v) is 17.5. The maximum Gasteiger partial charge on any atom is 0.143 e. The number of fused-ring (bicyclic) bond motifs is 10. The normalized spacial score (nSPS) is 15.5. The largest absolute Gasteiger partial charge is 0.455 e. The topological polar surface area (TPSA) is 13.1 Å². The van der Waals surface area contributed by atoms with Gasteiger partial charge in [-0.3, -0.25) is 0 Å². The molecule has 1 aliphatic rings. The lowest BCUT2D eigenvalue weighted by molar-refractivity contribution is 0.660. The predicted octanol–water partition coefficient (Wildman–Crippen LogP) is 14.4. The van der Waals surface area contributed by atoms with E-state index < -0.39 is 24.2 Å². The highest BCUT2D eigenvalue weighted by molar-refractivity contribution is 6.27. The Morgan fingerprint density at radius 1 is 0.442 bits per heavy atom. The summed E-state index contributed by atoms with van der Waals surface area (Å²) in [6.45, 7) is 4.48. The molecule has 1 heterocycles. The first-order chi connectivity index (χ1) is 28.9. The second kappa shape index (κ2) is 10.8. The van der Waals surface area contributed by atoms with E-state index in [1.807, 2.05) is 78.9 Å². The summed E-state index contributed by atoms with van der Waals surface area (Å²) in [5.74, 6) is 0. The number of benzene rings is 9. The van der Waals surface area contributed by atoms with Gasteiger partial charge in [0.25, 0.3) is 0 Å². The molecule has 244 valence electrons. The molecule has 1 nitrogen and oxygen atoms in total. The van der Waals surface area contributed by atoms with Gasteiger partial charge in [-0.2, -0.15) is 0 Å². The van der Waals surface area contributed by atoms with E-state index in [0.717, 1.165) is 27.3 Å². The van der Waals surface area contributed by atoms with Crippen LogP contribution in [0.5, 0.6) is 0 Å². The van der Waals surface area contributed by atoms with Crippen molar-refractivity contribution in [1.29, 1.82) is 0 Å². The zero-order valence-electron chi connectivity index (χ0n) is 36.5. The van der Waals surface area contributed by atoms with Gasteiger partial charge < -0.3 is 4.42 Å². The Morgan fingerprint density at radius 2 is 1.04 bits per heavy atom. The van der Waals surface area contributed by atoms with Gasteiger partial charge in [0.1, 0.15) is 11.2 Å². The first-order valence-electron chi connectivity index (χ1n) is 21.5. The van der Waals surface area contributed by atoms with Crippen LogP contribution in [0.4, 0.5) is 0 Å². The van der Waals surface area contributed by atoms with Crippen LogP contribution in [-0.2, 0) is 5.41 Å². The summed E-state index contributed by atoms with van der Waals surface area (Å²) in [5.41, 5.74) is 9.57. The zero-order valence-corrected chi connectivity index (χ0v) is 28.5. The highest BCUT2D eigenvalue weighted by atomic mass is 16.3. The van der Waals surface area contributed by atoms with E-state index in [4.69, 9.17) is 9.90 Å². The summed E-state index contributed by atoms with van der Waals surface area (Å²) < 4.78 is 80.3. The van der Waals surface area contributed by atoms with E-state index in [1.54, 1.807) is 0 Å². The Bertz CT molecular complexity index is 3470. The van der Waals surface area contributed by atoms with E-state index in [1.165, 1.54) is 22.3 Å². The van der Waals surface area contributed by atoms with Crippen molar-refractivity contribution in [3.8, 4) is 44.5 Å². The minimum Gasteiger partial charge on any atom is -0.455 e. The molecule has 1 aliphatic carbocycles. The molecule has 0 spiro atoms. The molecule has 0 bridgehead atoms. The smallest absolute Gasteiger partial charge is 0.143 e. The van der Waals surface area contributed by atoms with Crippen molar-refractivity contribution < 1.29 is 15.4 Å². The van der Waals surface area contributed by atoms with Crippen LogP contribution in [0.2, 0.25) is 0 Å². The Balaban J connectivity index is 1.26. The summed E-state index contributed by atoms with van der Waals surface area (Å²) in [6.07, 6.45) is 0. The third-order valence-corrected chi connectivity index (χ3v) is 11.1. The van der Waals surface area contributed by atoms with Crippen molar-refractivity contribution in [2.24, 2.45) is 0 Å². The Labute approximate surface area is 313 Å². The van der Waals surface area contributed by atoms with Crippen LogP contribution in [0.25, 0.3) is 98.8 Å². The molecule has 10 aromatic rings. The van der Waals surface area contributed by atoms with Crippen molar-refractivity contribution in [2.75, 3.05) is 0 Å². The third kappa shape index (κ3) is 3.99. The second-order valence-corrected chi connectivity index (χ2v) is 14.2. The van der Waals surface area contributed by atoms with Crippen LogP contribution in [0, 0.1) is 0 Å². The molecule has 0 saturated heterocycles. The van der Waals surface area contributed by atoms with Gasteiger partial charge in [-0.05, 0) is 94.7 Å². The van der Waals surface area contributed by atoms with Crippen LogP contribution in [0.1, 0.15) is 35.9 Å². The standard InChI is InChI=1S/C51H34O/c1-51(2)43-22-10-9-19-40(43)48-34(20-11-23-44(48)51)32-25-27-33(28-26-32)46-36-15-5-7-17-38(36)47(39-18-8-6-16-37(39)46)41-21-12-24-45-49(41)42-30-29-31-13-3-4-14-35(31)50(42)52-45/h3-30H,1-2H3/i5D,6D,7D,8D,15D,16D,17D,18D. The van der Waals surface area contributed by atoms with Gasteiger partial charge in [0.05, 0.1) is 11.0 Å². The molecule has 0 unspecified atom stereocenters. The van der Waals surface area contributed by atoms with E-state index in [9.17, 15) is 5.48 Å². The molecule has 11 rings (SSSR count). The minimum absolute atomic E-state index is 0.167. The van der Waals surface area contributed by atoms with Crippen LogP contribution in [0.3, 0.4) is 0 Å². The SMILES string of the molecule is [2H]c1c([2H])c([2H])c2c(-c3cccc4oc5c6ccccc6ccc5c34)c3c([2H])c([2H])c([2H])c([2H])c3c(-c3ccc(-c4cccc5c4-c4ccccc4C5(C)C)cc3)c2c1[2H]. The quantitative estimate of drug-likeness (QED) is 0.171. The van der Waals surface area contributed by atoms with Crippen LogP contribution in [0.15, 0.2) is 174 Å². The lowest BCUT2D eigenvalue weighted by Crippen LogP contribution is -2.14. The maximum atomic E-state index is 9.51. The number of rotatable bonds is 3. The monoisotopic (exact) mass is 670 g/mol. The van der Waals surface area contributed by atoms with E-state index in [2.05, 4.69) is 56.3 Å². The molecule has 0 fully saturated rings. The number of hydrogen-bond donors (Lipinski definition) is 0. The van der Waals surface area contributed by atoms with E-state index >= 15 is 0 Å². The summed E-state index contributed by atoms with van der Waals surface area (Å²) >= 11 is 0. The average molecular weight is 671 g/mol. The van der Waals surface area contributed by atoms with Gasteiger partial charge >= 0.3 is 0 Å². The van der Waals surface area contributed by atoms with Crippen molar-refractivity contribution >= 4 is 54.3 Å². The maximum absolute atomic E-state index is 9.51. The molecule has 0 atom stereocenters. The molecule has 0 saturated carbocycles. The molecule has 0 aliphatic heterocycles. The molecule has 0 amide bonds. The number of furan rings is 1. The predicted molar refractivity (Wildman–Crippen MR) is 220 cm³/mol. The van der Waals surface area contributed by atoms with Crippen LogP contribution in [-0.4, -0.2) is 0 Å². The summed E-state index contributed by atoms with van der Waals surface area (Å²) in [5, 5.41) is 4.03. The van der Waals surface area contributed by atoms with Gasteiger partial charge in [0.15, 0.2) is 0 Å². The van der Waals surface area contributed by atoms with Crippen molar-refractivity contribution in [2.45, 2.75) is 19.3 Å². The fourth-order valence-corrected chi connectivity index (χ4v) is 8.76. The second-order valence-electron chi connectivity index (χ2n) is 14.2. The lowest BCUT2D eigenvalue weighted by Gasteiger charge is -2.21. The van der Waals surface area contributed by atoms with Crippen LogP contribution < -0.4 is 0 Å². The van der Waals surface area contributed by atoms with E-state index in [-0.39, 0.29) is 51.1 Å². The molecular formula is C51H34O. The molecule has 0 radical (unpaired) electrons. The van der Waals surface area contributed by atoms with Gasteiger partial charge in [-0.15, -0.1) is 0 Å². The van der Waals surface area contributed by atoms with Gasteiger partial charge in [-0.1, -0.05) is 171 Å². The molecule has 1 heteroatoms. The average Bonchev–Trinajstić information content (AvgIpc) is 3.78. The van der Waals surface area contributed by atoms with Gasteiger partial charge in [0.2, 0.25) is 0 Å². The Kier molecular flexibility index (Phi) is 4.64. The Hall–Kier alpha value is -6.44. The highest BCUT2D eigenvalue weighted by Crippen LogP contribution is 2.52. The third-order valence-electron chi connectivity index (χ3n) is 11.1. The van der Waals surface area contributed by atoms with Gasteiger partial charge in [0, 0.05) is 21.6 Å². The first kappa shape index (κ1) is 22.4. The fourth-order valence-electron chi connectivity index (χ4n) is 8.76. The number of hydrogen-bond acceptors (Lipinski definition) is 1. The molecule has 0 N–H and O–H groups in total. The summed E-state index contributed by atoms with van der Waals surface area (Å²) in [7, 11) is 0. The van der Waals surface area contributed by atoms with Crippen molar-refractivity contribution in [3.05, 3.63) is 181 Å². The molecule has 1 aromatic heterocycles. The van der Waals surface area contributed by atoms with Gasteiger partial charge in [-0.25, -0.2) is 0 Å². The molecular weight excluding hydrogens is 629 g/mol. The fraction of sp³-hybridized carbons (Fsp3) is 0.0588. The summed E-state index contributed by atoms with van der Waals surface area (Å²) in [6, 6.07) is 37.1. The molecule has 52 heavy (non-hydrogen) atoms. The van der Waals surface area contributed by atoms with E-state index in [0.29, 0.717) is 38.8 Å². The molecule has 9 aromatic carbocycles. The minimum atomic E-state index is -0.438. The lowest BCUT2D eigenvalue weighted by atomic mass is 9.82. The van der Waals surface area contributed by atoms with Crippen molar-refractivity contribution in [1.82, 2.24) is 0 Å². The Morgan fingerprint density at radius 3 is 1.81 bits per heavy atom. The zero-order chi connectivity index (χ0) is 41.5.